The molecule has 29 heavy (non-hydrogen) atoms. The number of carbonyl (C=O) groups is 1. The molecule has 1 saturated carbocycles. The summed E-state index contributed by atoms with van der Waals surface area (Å²) in [6, 6.07) is 12.7. The van der Waals surface area contributed by atoms with Gasteiger partial charge in [0.05, 0.1) is 10.6 Å². The number of rotatable bonds is 3. The Hall–Kier alpha value is -2.71. The van der Waals surface area contributed by atoms with Crippen LogP contribution in [0.5, 0.6) is 5.75 Å². The van der Waals surface area contributed by atoms with E-state index in [-0.39, 0.29) is 28.9 Å². The molecule has 0 bridgehead atoms. The lowest BCUT2D eigenvalue weighted by Gasteiger charge is -2.65. The molecule has 2 N–H and O–H groups in total. The van der Waals surface area contributed by atoms with E-state index in [0.717, 1.165) is 11.1 Å². The minimum absolute atomic E-state index is 0.00924. The Morgan fingerprint density at radius 2 is 1.86 bits per heavy atom. The van der Waals surface area contributed by atoms with Gasteiger partial charge < -0.3 is 15.4 Å². The van der Waals surface area contributed by atoms with Gasteiger partial charge in [-0.1, -0.05) is 39.3 Å². The summed E-state index contributed by atoms with van der Waals surface area (Å²) in [5, 5.41) is 9.44. The lowest BCUT2D eigenvalue weighted by molar-refractivity contribution is -0.199. The molecule has 1 amide bonds. The van der Waals surface area contributed by atoms with Crippen LogP contribution in [0, 0.1) is 22.2 Å². The van der Waals surface area contributed by atoms with Crippen LogP contribution in [-0.4, -0.2) is 23.0 Å². The largest absolute Gasteiger partial charge is 0.489 e. The molecule has 2 aromatic rings. The molecule has 150 valence electrons. The number of hydrogen-bond acceptors (Lipinski definition) is 4. The number of nitriles is 1. The van der Waals surface area contributed by atoms with Gasteiger partial charge in [-0.15, -0.1) is 0 Å². The topological polar surface area (TPSA) is 79.3 Å². The van der Waals surface area contributed by atoms with E-state index in [2.05, 4.69) is 33.8 Å². The number of nitrogens with two attached hydrogens (primary N) is 1. The van der Waals surface area contributed by atoms with Crippen LogP contribution >= 0.6 is 11.6 Å². The quantitative estimate of drug-likeness (QED) is 0.749. The predicted octanol–water partition coefficient (Wildman–Crippen LogP) is 4.63. The van der Waals surface area contributed by atoms with Crippen molar-refractivity contribution in [2.75, 3.05) is 5.73 Å². The standard InChI is InChI=1S/C23H24ClN3O2/c1-22(2)20(27-12-14-9-15(26)6-8-17(14)19(27)28)23(3,4)21(22)29-16-7-5-13(11-25)18(24)10-16/h5-10,20-21H,12,26H2,1-4H3/t20-,21-. The fourth-order valence-electron chi connectivity index (χ4n) is 5.58. The summed E-state index contributed by atoms with van der Waals surface area (Å²) >= 11 is 6.17. The van der Waals surface area contributed by atoms with Gasteiger partial charge in [-0.25, -0.2) is 0 Å². The van der Waals surface area contributed by atoms with Crippen molar-refractivity contribution >= 4 is 23.2 Å². The Morgan fingerprint density at radius 1 is 1.17 bits per heavy atom. The molecule has 0 radical (unpaired) electrons. The molecule has 6 heteroatoms. The normalized spacial score (nSPS) is 23.9. The molecule has 0 atom stereocenters. The number of fused-ring (bicyclic) bond motifs is 1. The van der Waals surface area contributed by atoms with Crippen LogP contribution in [0.2, 0.25) is 5.02 Å². The van der Waals surface area contributed by atoms with Gasteiger partial charge in [0.15, 0.2) is 0 Å². The van der Waals surface area contributed by atoms with E-state index in [4.69, 9.17) is 27.3 Å². The second kappa shape index (κ2) is 6.40. The molecule has 2 aliphatic rings. The molecule has 5 nitrogen and oxygen atoms in total. The first-order valence-corrected chi connectivity index (χ1v) is 10.0. The zero-order valence-corrected chi connectivity index (χ0v) is 17.7. The second-order valence-electron chi connectivity index (χ2n) is 9.15. The maximum atomic E-state index is 13.1. The third kappa shape index (κ3) is 2.86. The zero-order chi connectivity index (χ0) is 21.1. The maximum absolute atomic E-state index is 13.1. The van der Waals surface area contributed by atoms with Crippen molar-refractivity contribution in [3.8, 4) is 11.8 Å². The first-order valence-electron chi connectivity index (χ1n) is 9.63. The van der Waals surface area contributed by atoms with E-state index in [1.54, 1.807) is 24.3 Å². The fourth-order valence-corrected chi connectivity index (χ4v) is 5.80. The number of benzene rings is 2. The van der Waals surface area contributed by atoms with Crippen LogP contribution in [0.3, 0.4) is 0 Å². The molecule has 1 aliphatic heterocycles. The monoisotopic (exact) mass is 409 g/mol. The number of amides is 1. The molecule has 1 aliphatic carbocycles. The highest BCUT2D eigenvalue weighted by molar-refractivity contribution is 6.31. The molecule has 1 fully saturated rings. The van der Waals surface area contributed by atoms with Crippen LogP contribution < -0.4 is 10.5 Å². The summed E-state index contributed by atoms with van der Waals surface area (Å²) in [5.74, 6) is 0.674. The van der Waals surface area contributed by atoms with Gasteiger partial charge in [0.2, 0.25) is 0 Å². The lowest BCUT2D eigenvalue weighted by atomic mass is 9.49. The van der Waals surface area contributed by atoms with Crippen LogP contribution in [0.15, 0.2) is 36.4 Å². The highest BCUT2D eigenvalue weighted by Crippen LogP contribution is 2.59. The number of anilines is 1. The highest BCUT2D eigenvalue weighted by atomic mass is 35.5. The van der Waals surface area contributed by atoms with Gasteiger partial charge in [-0.3, -0.25) is 4.79 Å². The highest BCUT2D eigenvalue weighted by Gasteiger charge is 2.66. The van der Waals surface area contributed by atoms with Crippen molar-refractivity contribution < 1.29 is 9.53 Å². The van der Waals surface area contributed by atoms with E-state index in [9.17, 15) is 4.79 Å². The lowest BCUT2D eigenvalue weighted by Crippen LogP contribution is -2.74. The van der Waals surface area contributed by atoms with E-state index >= 15 is 0 Å². The number of nitrogen functional groups attached to an aromatic ring is 1. The molecule has 2 aromatic carbocycles. The van der Waals surface area contributed by atoms with Crippen LogP contribution in [0.1, 0.15) is 49.2 Å². The number of carbonyl (C=O) groups excluding carboxylic acids is 1. The van der Waals surface area contributed by atoms with Crippen molar-refractivity contribution in [1.82, 2.24) is 4.90 Å². The van der Waals surface area contributed by atoms with Crippen molar-refractivity contribution in [2.45, 2.75) is 46.4 Å². The van der Waals surface area contributed by atoms with Gasteiger partial charge in [-0.05, 0) is 35.9 Å². The van der Waals surface area contributed by atoms with Gasteiger partial charge in [0.1, 0.15) is 17.9 Å². The number of halogens is 1. The van der Waals surface area contributed by atoms with E-state index in [1.165, 1.54) is 0 Å². The van der Waals surface area contributed by atoms with Crippen molar-refractivity contribution in [1.29, 1.82) is 5.26 Å². The van der Waals surface area contributed by atoms with Gasteiger partial charge in [0, 0.05) is 40.7 Å². The van der Waals surface area contributed by atoms with E-state index in [1.807, 2.05) is 17.0 Å². The van der Waals surface area contributed by atoms with Crippen LogP contribution in [-0.2, 0) is 6.54 Å². The summed E-state index contributed by atoms with van der Waals surface area (Å²) in [5.41, 5.74) is 8.17. The van der Waals surface area contributed by atoms with Gasteiger partial charge >= 0.3 is 0 Å². The SMILES string of the molecule is CC1(C)[C@H](Oc2ccc(C#N)c(Cl)c2)C(C)(C)[C@H]1N1Cc2cc(N)ccc2C1=O. The molecular weight excluding hydrogens is 386 g/mol. The predicted molar refractivity (Wildman–Crippen MR) is 113 cm³/mol. The summed E-state index contributed by atoms with van der Waals surface area (Å²) in [6.45, 7) is 9.08. The molecule has 0 spiro atoms. The minimum atomic E-state index is -0.271. The Balaban J connectivity index is 1.60. The Morgan fingerprint density at radius 3 is 2.48 bits per heavy atom. The van der Waals surface area contributed by atoms with Gasteiger partial charge in [-0.2, -0.15) is 5.26 Å². The van der Waals surface area contributed by atoms with Crippen LogP contribution in [0.25, 0.3) is 0 Å². The number of nitrogens with zero attached hydrogens (tertiary/aromatic N) is 2. The first kappa shape index (κ1) is 19.6. The average molecular weight is 410 g/mol. The number of ether oxygens (including phenoxy) is 1. The molecule has 4 rings (SSSR count). The third-order valence-corrected chi connectivity index (χ3v) is 6.66. The fraction of sp³-hybridized carbons (Fsp3) is 0.391. The zero-order valence-electron chi connectivity index (χ0n) is 17.0. The first-order chi connectivity index (χ1) is 13.6. The Labute approximate surface area is 176 Å². The van der Waals surface area contributed by atoms with Crippen molar-refractivity contribution in [3.63, 3.8) is 0 Å². The summed E-state index contributed by atoms with van der Waals surface area (Å²) in [4.78, 5) is 15.0. The molecule has 1 heterocycles. The minimum Gasteiger partial charge on any atom is -0.489 e. The molecule has 0 saturated heterocycles. The second-order valence-corrected chi connectivity index (χ2v) is 9.55. The van der Waals surface area contributed by atoms with E-state index in [0.29, 0.717) is 28.6 Å². The molecule has 0 aromatic heterocycles. The van der Waals surface area contributed by atoms with Crippen molar-refractivity contribution in [3.05, 3.63) is 58.1 Å². The summed E-state index contributed by atoms with van der Waals surface area (Å²) < 4.78 is 6.33. The van der Waals surface area contributed by atoms with Gasteiger partial charge in [0.25, 0.3) is 5.91 Å². The Bertz CT molecular complexity index is 1040. The maximum Gasteiger partial charge on any atom is 0.254 e. The Kier molecular flexibility index (Phi) is 4.32. The summed E-state index contributed by atoms with van der Waals surface area (Å²) in [6.07, 6.45) is -0.120. The molecular formula is C23H24ClN3O2. The average Bonchev–Trinajstić information content (AvgIpc) is 2.94. The third-order valence-electron chi connectivity index (χ3n) is 6.35. The van der Waals surface area contributed by atoms with Crippen molar-refractivity contribution in [2.24, 2.45) is 10.8 Å². The summed E-state index contributed by atoms with van der Waals surface area (Å²) in [7, 11) is 0. The number of hydrogen-bond donors (Lipinski definition) is 1. The van der Waals surface area contributed by atoms with Crippen LogP contribution in [0.4, 0.5) is 5.69 Å². The molecule has 0 unspecified atom stereocenters. The smallest absolute Gasteiger partial charge is 0.254 e. The van der Waals surface area contributed by atoms with E-state index < -0.39 is 0 Å².